The molecule has 3 aromatic rings. The van der Waals surface area contributed by atoms with E-state index < -0.39 is 0 Å². The fraction of sp³-hybridized carbons (Fsp3) is 0.211. The molecule has 0 aliphatic heterocycles. The van der Waals surface area contributed by atoms with E-state index in [4.69, 9.17) is 0 Å². The lowest BCUT2D eigenvalue weighted by molar-refractivity contribution is -0.383. The van der Waals surface area contributed by atoms with E-state index in [1.54, 1.807) is 24.5 Å². The van der Waals surface area contributed by atoms with Gasteiger partial charge in [-0.1, -0.05) is 18.2 Å². The smallest absolute Gasteiger partial charge is 0.278 e. The van der Waals surface area contributed by atoms with Crippen LogP contribution >= 0.6 is 0 Å². The first-order valence-electron chi connectivity index (χ1n) is 8.18. The van der Waals surface area contributed by atoms with Gasteiger partial charge in [-0.15, -0.1) is 0 Å². The highest BCUT2D eigenvalue weighted by molar-refractivity contribution is 5.99. The maximum atomic E-state index is 11.1. The van der Waals surface area contributed by atoms with Gasteiger partial charge in [0.1, 0.15) is 0 Å². The van der Waals surface area contributed by atoms with E-state index in [2.05, 4.69) is 34.4 Å². The molecular weight excluding hydrogens is 316 g/mol. The standard InChI is InChI=1S/C19H20N4O2/c1-22(15-6-3-2-4-7-15)13-5-11-21-18-8-9-19(23(24)25)17-14-20-12-10-16(17)18/h2-4,6-10,12,14,21H,5,11,13H2,1H3. The van der Waals surface area contributed by atoms with Gasteiger partial charge in [0.2, 0.25) is 0 Å². The monoisotopic (exact) mass is 336 g/mol. The molecule has 6 nitrogen and oxygen atoms in total. The van der Waals surface area contributed by atoms with E-state index in [-0.39, 0.29) is 10.6 Å². The zero-order valence-corrected chi connectivity index (χ0v) is 14.1. The van der Waals surface area contributed by atoms with Crippen molar-refractivity contribution in [1.29, 1.82) is 0 Å². The number of rotatable bonds is 7. The minimum absolute atomic E-state index is 0.0810. The maximum absolute atomic E-state index is 11.1. The summed E-state index contributed by atoms with van der Waals surface area (Å²) in [6.07, 6.45) is 4.15. The second kappa shape index (κ2) is 7.61. The van der Waals surface area contributed by atoms with Crippen LogP contribution in [0, 0.1) is 10.1 Å². The van der Waals surface area contributed by atoms with Gasteiger partial charge in [-0.25, -0.2) is 0 Å². The number of pyridine rings is 1. The molecule has 1 aromatic heterocycles. The summed E-state index contributed by atoms with van der Waals surface area (Å²) in [7, 11) is 2.07. The Hall–Kier alpha value is -3.15. The van der Waals surface area contributed by atoms with Crippen molar-refractivity contribution in [3.63, 3.8) is 0 Å². The van der Waals surface area contributed by atoms with Crippen LogP contribution in [0.4, 0.5) is 17.1 Å². The Balaban J connectivity index is 1.64. The normalized spacial score (nSPS) is 10.6. The number of benzene rings is 2. The SMILES string of the molecule is CN(CCCNc1ccc([N+](=O)[O-])c2cnccc12)c1ccccc1. The van der Waals surface area contributed by atoms with Crippen molar-refractivity contribution in [3.05, 3.63) is 71.0 Å². The van der Waals surface area contributed by atoms with Gasteiger partial charge >= 0.3 is 0 Å². The van der Waals surface area contributed by atoms with Crippen molar-refractivity contribution in [3.8, 4) is 0 Å². The number of fused-ring (bicyclic) bond motifs is 1. The van der Waals surface area contributed by atoms with E-state index in [1.807, 2.05) is 18.2 Å². The molecule has 0 saturated carbocycles. The predicted octanol–water partition coefficient (Wildman–Crippen LogP) is 4.08. The topological polar surface area (TPSA) is 71.3 Å². The summed E-state index contributed by atoms with van der Waals surface area (Å²) in [6.45, 7) is 1.70. The van der Waals surface area contributed by atoms with Gasteiger partial charge in [-0.3, -0.25) is 15.1 Å². The van der Waals surface area contributed by atoms with Gasteiger partial charge in [-0.2, -0.15) is 0 Å². The van der Waals surface area contributed by atoms with Crippen LogP contribution in [-0.4, -0.2) is 30.0 Å². The number of para-hydroxylation sites is 1. The van der Waals surface area contributed by atoms with Crippen LogP contribution < -0.4 is 10.2 Å². The second-order valence-corrected chi connectivity index (χ2v) is 5.85. The fourth-order valence-corrected chi connectivity index (χ4v) is 2.84. The third-order valence-corrected chi connectivity index (χ3v) is 4.17. The molecule has 128 valence electrons. The number of hydrogen-bond donors (Lipinski definition) is 1. The molecule has 0 aliphatic rings. The Bertz CT molecular complexity index is 868. The van der Waals surface area contributed by atoms with Crippen LogP contribution in [0.25, 0.3) is 10.8 Å². The van der Waals surface area contributed by atoms with Crippen molar-refractivity contribution >= 4 is 27.8 Å². The molecule has 0 spiro atoms. The number of hydrogen-bond acceptors (Lipinski definition) is 5. The first-order valence-corrected chi connectivity index (χ1v) is 8.18. The maximum Gasteiger partial charge on any atom is 0.278 e. The van der Waals surface area contributed by atoms with Gasteiger partial charge < -0.3 is 10.2 Å². The number of nitro benzene ring substituents is 1. The lowest BCUT2D eigenvalue weighted by Crippen LogP contribution is -2.20. The lowest BCUT2D eigenvalue weighted by Gasteiger charge is -2.19. The number of nitrogens with one attached hydrogen (secondary N) is 1. The van der Waals surface area contributed by atoms with Crippen molar-refractivity contribution in [1.82, 2.24) is 4.98 Å². The summed E-state index contributed by atoms with van der Waals surface area (Å²) in [5, 5.41) is 15.9. The predicted molar refractivity (Wildman–Crippen MR) is 101 cm³/mol. The van der Waals surface area contributed by atoms with Crippen LogP contribution in [0.5, 0.6) is 0 Å². The first-order chi connectivity index (χ1) is 12.2. The van der Waals surface area contributed by atoms with Crippen LogP contribution in [0.2, 0.25) is 0 Å². The first kappa shape index (κ1) is 16.7. The number of non-ortho nitro benzene ring substituents is 1. The molecule has 2 aromatic carbocycles. The molecule has 0 bridgehead atoms. The largest absolute Gasteiger partial charge is 0.384 e. The molecule has 0 amide bonds. The number of anilines is 2. The summed E-state index contributed by atoms with van der Waals surface area (Å²) in [5.41, 5.74) is 2.16. The molecule has 0 saturated heterocycles. The zero-order chi connectivity index (χ0) is 17.6. The highest BCUT2D eigenvalue weighted by Crippen LogP contribution is 2.30. The molecule has 6 heteroatoms. The third-order valence-electron chi connectivity index (χ3n) is 4.17. The summed E-state index contributed by atoms with van der Waals surface area (Å²) in [5.74, 6) is 0. The molecule has 1 heterocycles. The van der Waals surface area contributed by atoms with E-state index in [0.29, 0.717) is 5.39 Å². The average Bonchev–Trinajstić information content (AvgIpc) is 2.65. The molecule has 0 fully saturated rings. The van der Waals surface area contributed by atoms with Crippen molar-refractivity contribution in [2.24, 2.45) is 0 Å². The quantitative estimate of drug-likeness (QED) is 0.400. The minimum atomic E-state index is -0.372. The van der Waals surface area contributed by atoms with Crippen molar-refractivity contribution in [2.75, 3.05) is 30.4 Å². The molecule has 0 aliphatic carbocycles. The fourth-order valence-electron chi connectivity index (χ4n) is 2.84. The Morgan fingerprint density at radius 1 is 1.12 bits per heavy atom. The summed E-state index contributed by atoms with van der Waals surface area (Å²) in [6, 6.07) is 15.3. The summed E-state index contributed by atoms with van der Waals surface area (Å²) < 4.78 is 0. The summed E-state index contributed by atoms with van der Waals surface area (Å²) >= 11 is 0. The Kier molecular flexibility index (Phi) is 5.09. The molecule has 0 radical (unpaired) electrons. The highest BCUT2D eigenvalue weighted by atomic mass is 16.6. The average molecular weight is 336 g/mol. The van der Waals surface area contributed by atoms with Gasteiger partial charge in [0, 0.05) is 55.4 Å². The molecule has 25 heavy (non-hydrogen) atoms. The summed E-state index contributed by atoms with van der Waals surface area (Å²) in [4.78, 5) is 17.0. The van der Waals surface area contributed by atoms with Gasteiger partial charge in [0.15, 0.2) is 0 Å². The molecule has 0 atom stereocenters. The molecule has 3 rings (SSSR count). The molecule has 1 N–H and O–H groups in total. The van der Waals surface area contributed by atoms with E-state index in [9.17, 15) is 10.1 Å². The number of aromatic nitrogens is 1. The zero-order valence-electron chi connectivity index (χ0n) is 14.1. The third kappa shape index (κ3) is 3.85. The van der Waals surface area contributed by atoms with Crippen LogP contribution in [0.1, 0.15) is 6.42 Å². The van der Waals surface area contributed by atoms with E-state index >= 15 is 0 Å². The number of nitro groups is 1. The van der Waals surface area contributed by atoms with E-state index in [0.717, 1.165) is 30.6 Å². The van der Waals surface area contributed by atoms with Crippen molar-refractivity contribution < 1.29 is 4.92 Å². The highest BCUT2D eigenvalue weighted by Gasteiger charge is 2.14. The van der Waals surface area contributed by atoms with E-state index in [1.165, 1.54) is 11.8 Å². The number of nitrogens with zero attached hydrogens (tertiary/aromatic N) is 3. The second-order valence-electron chi connectivity index (χ2n) is 5.85. The Labute approximate surface area is 146 Å². The van der Waals surface area contributed by atoms with Crippen LogP contribution in [-0.2, 0) is 0 Å². The molecular formula is C19H20N4O2. The Morgan fingerprint density at radius 3 is 2.68 bits per heavy atom. The Morgan fingerprint density at radius 2 is 1.92 bits per heavy atom. The van der Waals surface area contributed by atoms with Gasteiger partial charge in [-0.05, 0) is 30.7 Å². The molecule has 0 unspecified atom stereocenters. The van der Waals surface area contributed by atoms with Crippen LogP contribution in [0.3, 0.4) is 0 Å². The van der Waals surface area contributed by atoms with Gasteiger partial charge in [0.05, 0.1) is 10.3 Å². The van der Waals surface area contributed by atoms with Crippen LogP contribution in [0.15, 0.2) is 60.9 Å². The van der Waals surface area contributed by atoms with Gasteiger partial charge in [0.25, 0.3) is 5.69 Å². The lowest BCUT2D eigenvalue weighted by atomic mass is 10.1. The van der Waals surface area contributed by atoms with Crippen molar-refractivity contribution in [2.45, 2.75) is 6.42 Å². The minimum Gasteiger partial charge on any atom is -0.384 e.